The van der Waals surface area contributed by atoms with E-state index in [2.05, 4.69) is 18.3 Å². The van der Waals surface area contributed by atoms with Gasteiger partial charge in [0.25, 0.3) is 0 Å². The highest BCUT2D eigenvalue weighted by Crippen LogP contribution is 2.34. The van der Waals surface area contributed by atoms with E-state index < -0.39 is 0 Å². The van der Waals surface area contributed by atoms with Crippen molar-refractivity contribution in [2.45, 2.75) is 38.1 Å². The zero-order chi connectivity index (χ0) is 13.0. The number of rotatable bonds is 3. The van der Waals surface area contributed by atoms with E-state index in [1.807, 2.05) is 18.2 Å². The van der Waals surface area contributed by atoms with E-state index in [0.29, 0.717) is 11.5 Å². The summed E-state index contributed by atoms with van der Waals surface area (Å²) >= 11 is 0. The van der Waals surface area contributed by atoms with Crippen molar-refractivity contribution in [1.29, 1.82) is 5.26 Å². The highest BCUT2D eigenvalue weighted by atomic mass is 16.3. The Morgan fingerprint density at radius 3 is 3.06 bits per heavy atom. The van der Waals surface area contributed by atoms with Crippen molar-refractivity contribution in [2.75, 3.05) is 11.9 Å². The Bertz CT molecular complexity index is 452. The van der Waals surface area contributed by atoms with Crippen molar-refractivity contribution < 1.29 is 5.11 Å². The van der Waals surface area contributed by atoms with Gasteiger partial charge in [-0.15, -0.1) is 0 Å². The minimum atomic E-state index is -0.217. The first-order valence-corrected chi connectivity index (χ1v) is 6.57. The maximum atomic E-state index is 9.72. The summed E-state index contributed by atoms with van der Waals surface area (Å²) in [5.41, 5.74) is 1.36. The molecule has 3 heteroatoms. The lowest BCUT2D eigenvalue weighted by Gasteiger charge is -2.40. The normalized spacial score (nSPS) is 27.5. The molecule has 0 aromatic heterocycles. The fraction of sp³-hybridized carbons (Fsp3) is 0.533. The monoisotopic (exact) mass is 244 g/mol. The van der Waals surface area contributed by atoms with Gasteiger partial charge in [-0.1, -0.05) is 25.8 Å². The average Bonchev–Trinajstić information content (AvgIpc) is 2.39. The van der Waals surface area contributed by atoms with Crippen molar-refractivity contribution in [3.05, 3.63) is 29.8 Å². The van der Waals surface area contributed by atoms with Gasteiger partial charge in [0, 0.05) is 5.69 Å². The predicted octanol–water partition coefficient (Wildman–Crippen LogP) is 2.91. The van der Waals surface area contributed by atoms with Crippen molar-refractivity contribution in [3.63, 3.8) is 0 Å². The van der Waals surface area contributed by atoms with Gasteiger partial charge in [-0.3, -0.25) is 0 Å². The average molecular weight is 244 g/mol. The molecule has 0 bridgehead atoms. The van der Waals surface area contributed by atoms with Gasteiger partial charge in [-0.05, 0) is 37.0 Å². The van der Waals surface area contributed by atoms with E-state index >= 15 is 0 Å². The molecule has 2 rings (SSSR count). The smallest absolute Gasteiger partial charge is 0.0992 e. The van der Waals surface area contributed by atoms with E-state index in [0.717, 1.165) is 24.9 Å². The number of nitrogens with zero attached hydrogens (tertiary/aromatic N) is 1. The zero-order valence-electron chi connectivity index (χ0n) is 10.8. The van der Waals surface area contributed by atoms with Crippen LogP contribution < -0.4 is 5.32 Å². The third kappa shape index (κ3) is 2.83. The molecule has 1 aromatic carbocycles. The molecule has 1 aromatic rings. The van der Waals surface area contributed by atoms with Crippen molar-refractivity contribution in [1.82, 2.24) is 0 Å². The Hall–Kier alpha value is -1.53. The molecule has 0 heterocycles. The van der Waals surface area contributed by atoms with Crippen molar-refractivity contribution >= 4 is 5.69 Å². The van der Waals surface area contributed by atoms with Crippen LogP contribution in [0.25, 0.3) is 0 Å². The highest BCUT2D eigenvalue weighted by molar-refractivity contribution is 5.51. The van der Waals surface area contributed by atoms with Crippen molar-refractivity contribution in [2.24, 2.45) is 5.92 Å². The zero-order valence-corrected chi connectivity index (χ0v) is 10.8. The van der Waals surface area contributed by atoms with Crippen LogP contribution in [0.2, 0.25) is 0 Å². The summed E-state index contributed by atoms with van der Waals surface area (Å²) < 4.78 is 0. The number of nitrogens with one attached hydrogen (secondary N) is 1. The molecule has 2 unspecified atom stereocenters. The standard InChI is InChI=1S/C15H20N2O/c1-12-4-3-7-15(9-12,11-18)17-14-6-2-5-13(8-14)10-16/h2,5-6,8,12,17-18H,3-4,7,9,11H2,1H3. The number of hydrogen-bond donors (Lipinski definition) is 2. The quantitative estimate of drug-likeness (QED) is 0.859. The number of aliphatic hydroxyl groups is 1. The second-order valence-corrected chi connectivity index (χ2v) is 5.46. The largest absolute Gasteiger partial charge is 0.394 e. The molecule has 0 radical (unpaired) electrons. The summed E-state index contributed by atoms with van der Waals surface area (Å²) in [7, 11) is 0. The maximum absolute atomic E-state index is 9.72. The number of benzene rings is 1. The lowest BCUT2D eigenvalue weighted by Crippen LogP contribution is -2.45. The van der Waals surface area contributed by atoms with Crippen LogP contribution in [0.5, 0.6) is 0 Å². The molecular weight excluding hydrogens is 224 g/mol. The molecule has 1 fully saturated rings. The van der Waals surface area contributed by atoms with Gasteiger partial charge in [0.05, 0.1) is 23.8 Å². The summed E-state index contributed by atoms with van der Waals surface area (Å²) in [6.45, 7) is 2.38. The van der Waals surface area contributed by atoms with Crippen LogP contribution in [0, 0.1) is 17.2 Å². The first kappa shape index (κ1) is 12.9. The molecule has 18 heavy (non-hydrogen) atoms. The summed E-state index contributed by atoms with van der Waals surface area (Å²) in [5, 5.41) is 22.1. The first-order valence-electron chi connectivity index (χ1n) is 6.57. The third-order valence-corrected chi connectivity index (χ3v) is 3.80. The van der Waals surface area contributed by atoms with E-state index in [4.69, 9.17) is 5.26 Å². The highest BCUT2D eigenvalue weighted by Gasteiger charge is 2.34. The van der Waals surface area contributed by atoms with E-state index in [9.17, 15) is 5.11 Å². The Kier molecular flexibility index (Phi) is 3.88. The molecule has 0 aliphatic heterocycles. The van der Waals surface area contributed by atoms with Crippen LogP contribution in [-0.4, -0.2) is 17.3 Å². The Morgan fingerprint density at radius 2 is 2.39 bits per heavy atom. The van der Waals surface area contributed by atoms with Gasteiger partial charge in [0.1, 0.15) is 0 Å². The van der Waals surface area contributed by atoms with Gasteiger partial charge in [0.15, 0.2) is 0 Å². The van der Waals surface area contributed by atoms with Crippen LogP contribution in [0.1, 0.15) is 38.2 Å². The van der Waals surface area contributed by atoms with Crippen LogP contribution in [0.3, 0.4) is 0 Å². The van der Waals surface area contributed by atoms with Crippen LogP contribution >= 0.6 is 0 Å². The summed E-state index contributed by atoms with van der Waals surface area (Å²) in [6, 6.07) is 9.61. The van der Waals surface area contributed by atoms with E-state index in [1.54, 1.807) is 6.07 Å². The van der Waals surface area contributed by atoms with Crippen molar-refractivity contribution in [3.8, 4) is 6.07 Å². The van der Waals surface area contributed by atoms with Crippen LogP contribution in [0.4, 0.5) is 5.69 Å². The molecule has 96 valence electrons. The predicted molar refractivity (Wildman–Crippen MR) is 72.2 cm³/mol. The lowest BCUT2D eigenvalue weighted by atomic mass is 9.76. The molecule has 1 aliphatic rings. The van der Waals surface area contributed by atoms with Gasteiger partial charge >= 0.3 is 0 Å². The number of anilines is 1. The minimum absolute atomic E-state index is 0.147. The second-order valence-electron chi connectivity index (χ2n) is 5.46. The molecule has 2 atom stereocenters. The molecule has 0 spiro atoms. The number of nitriles is 1. The second kappa shape index (κ2) is 5.41. The van der Waals surface area contributed by atoms with Crippen LogP contribution in [0.15, 0.2) is 24.3 Å². The lowest BCUT2D eigenvalue weighted by molar-refractivity contribution is 0.149. The summed E-state index contributed by atoms with van der Waals surface area (Å²) in [5.74, 6) is 0.637. The molecule has 1 saturated carbocycles. The summed E-state index contributed by atoms with van der Waals surface area (Å²) in [6.07, 6.45) is 4.36. The third-order valence-electron chi connectivity index (χ3n) is 3.80. The molecule has 0 saturated heterocycles. The minimum Gasteiger partial charge on any atom is -0.394 e. The maximum Gasteiger partial charge on any atom is 0.0992 e. The molecular formula is C15H20N2O. The van der Waals surface area contributed by atoms with Gasteiger partial charge in [-0.25, -0.2) is 0 Å². The fourth-order valence-electron chi connectivity index (χ4n) is 2.93. The Labute approximate surface area is 108 Å². The number of aliphatic hydroxyl groups excluding tert-OH is 1. The topological polar surface area (TPSA) is 56.0 Å². The van der Waals surface area contributed by atoms with E-state index in [-0.39, 0.29) is 12.1 Å². The van der Waals surface area contributed by atoms with Gasteiger partial charge in [-0.2, -0.15) is 5.26 Å². The van der Waals surface area contributed by atoms with E-state index in [1.165, 1.54) is 6.42 Å². The Morgan fingerprint density at radius 1 is 1.56 bits per heavy atom. The summed E-state index contributed by atoms with van der Waals surface area (Å²) in [4.78, 5) is 0. The fourth-order valence-corrected chi connectivity index (χ4v) is 2.93. The molecule has 3 nitrogen and oxygen atoms in total. The first-order chi connectivity index (χ1) is 8.67. The molecule has 1 aliphatic carbocycles. The number of hydrogen-bond acceptors (Lipinski definition) is 3. The van der Waals surface area contributed by atoms with Gasteiger partial charge < -0.3 is 10.4 Å². The van der Waals surface area contributed by atoms with Crippen LogP contribution in [-0.2, 0) is 0 Å². The Balaban J connectivity index is 2.16. The molecule has 0 amide bonds. The molecule has 2 N–H and O–H groups in total. The van der Waals surface area contributed by atoms with Gasteiger partial charge in [0.2, 0.25) is 0 Å². The SMILES string of the molecule is CC1CCCC(CO)(Nc2cccc(C#N)c2)C1.